The largest absolute Gasteiger partial charge is 0.476 e. The van der Waals surface area contributed by atoms with Crippen LogP contribution in [0.1, 0.15) is 41.4 Å². The Bertz CT molecular complexity index is 427. The maximum Gasteiger partial charge on any atom is 0.358 e. The fourth-order valence-electron chi connectivity index (χ4n) is 2.50. The van der Waals surface area contributed by atoms with Crippen molar-refractivity contribution in [2.75, 3.05) is 26.8 Å². The molecule has 19 heavy (non-hydrogen) atoms. The molecular formula is C12H20N4O3. The van der Waals surface area contributed by atoms with Crippen molar-refractivity contribution in [1.29, 1.82) is 0 Å². The second kappa shape index (κ2) is 6.63. The molecule has 0 radical (unpaired) electrons. The molecule has 0 aromatic carbocycles. The van der Waals surface area contributed by atoms with Crippen molar-refractivity contribution >= 4 is 5.97 Å². The van der Waals surface area contributed by atoms with E-state index in [-0.39, 0.29) is 11.6 Å². The second-order valence-electron chi connectivity index (χ2n) is 4.72. The van der Waals surface area contributed by atoms with E-state index in [1.54, 1.807) is 11.8 Å². The van der Waals surface area contributed by atoms with Crippen LogP contribution in [0.5, 0.6) is 0 Å². The number of hydrogen-bond acceptors (Lipinski definition) is 5. The molecular weight excluding hydrogens is 248 g/mol. The minimum atomic E-state index is -0.994. The van der Waals surface area contributed by atoms with E-state index in [9.17, 15) is 9.90 Å². The first kappa shape index (κ1) is 14.0. The predicted octanol–water partition coefficient (Wildman–Crippen LogP) is 0.480. The van der Waals surface area contributed by atoms with Crippen LogP contribution in [0.3, 0.4) is 0 Å². The average Bonchev–Trinajstić information content (AvgIpc) is 2.84. The van der Waals surface area contributed by atoms with E-state index < -0.39 is 5.97 Å². The van der Waals surface area contributed by atoms with E-state index in [0.717, 1.165) is 38.0 Å². The van der Waals surface area contributed by atoms with Crippen LogP contribution >= 0.6 is 0 Å². The molecule has 1 aliphatic rings. The van der Waals surface area contributed by atoms with Crippen LogP contribution in [-0.4, -0.2) is 52.9 Å². The van der Waals surface area contributed by atoms with Crippen LogP contribution in [0.4, 0.5) is 0 Å². The highest BCUT2D eigenvalue weighted by molar-refractivity contribution is 5.86. The van der Waals surface area contributed by atoms with Gasteiger partial charge in [-0.2, -0.15) is 0 Å². The fourth-order valence-corrected chi connectivity index (χ4v) is 2.50. The number of hydrogen-bond donors (Lipinski definition) is 2. The van der Waals surface area contributed by atoms with E-state index >= 15 is 0 Å². The molecule has 1 aromatic rings. The summed E-state index contributed by atoms with van der Waals surface area (Å²) in [4.78, 5) is 11.3. The van der Waals surface area contributed by atoms with Crippen LogP contribution in [0.25, 0.3) is 0 Å². The van der Waals surface area contributed by atoms with Gasteiger partial charge in [-0.15, -0.1) is 5.10 Å². The third kappa shape index (κ3) is 3.30. The first-order chi connectivity index (χ1) is 9.24. The Morgan fingerprint density at radius 1 is 1.53 bits per heavy atom. The quantitative estimate of drug-likeness (QED) is 0.729. The van der Waals surface area contributed by atoms with Crippen molar-refractivity contribution in [2.45, 2.75) is 31.7 Å². The lowest BCUT2D eigenvalue weighted by molar-refractivity contribution is 0.0688. The number of carboxylic acids is 1. The number of piperidine rings is 1. The third-order valence-electron chi connectivity index (χ3n) is 3.42. The zero-order valence-corrected chi connectivity index (χ0v) is 11.1. The molecule has 2 heterocycles. The van der Waals surface area contributed by atoms with Gasteiger partial charge in [0.05, 0.1) is 5.69 Å². The maximum absolute atomic E-state index is 11.3. The maximum atomic E-state index is 11.3. The summed E-state index contributed by atoms with van der Waals surface area (Å²) in [6, 6.07) is 0. The van der Waals surface area contributed by atoms with Crippen LogP contribution in [0.15, 0.2) is 0 Å². The van der Waals surface area contributed by atoms with E-state index in [1.807, 2.05) is 0 Å². The molecule has 1 fully saturated rings. The van der Waals surface area contributed by atoms with Crippen LogP contribution in [0.2, 0.25) is 0 Å². The van der Waals surface area contributed by atoms with E-state index in [1.165, 1.54) is 0 Å². The van der Waals surface area contributed by atoms with Crippen molar-refractivity contribution in [1.82, 2.24) is 20.3 Å². The molecule has 0 aliphatic carbocycles. The van der Waals surface area contributed by atoms with Crippen molar-refractivity contribution < 1.29 is 14.6 Å². The lowest BCUT2D eigenvalue weighted by Crippen LogP contribution is -2.28. The normalized spacial score (nSPS) is 16.7. The van der Waals surface area contributed by atoms with E-state index in [0.29, 0.717) is 13.2 Å². The fraction of sp³-hybridized carbons (Fsp3) is 0.750. The Morgan fingerprint density at radius 2 is 2.26 bits per heavy atom. The number of nitrogens with zero attached hydrogens (tertiary/aromatic N) is 3. The number of nitrogens with one attached hydrogen (secondary N) is 1. The highest BCUT2D eigenvalue weighted by atomic mass is 16.5. The van der Waals surface area contributed by atoms with Gasteiger partial charge in [0.1, 0.15) is 0 Å². The van der Waals surface area contributed by atoms with Gasteiger partial charge in [-0.25, -0.2) is 9.48 Å². The summed E-state index contributed by atoms with van der Waals surface area (Å²) in [6.07, 6.45) is 2.66. The summed E-state index contributed by atoms with van der Waals surface area (Å²) >= 11 is 0. The number of rotatable bonds is 6. The van der Waals surface area contributed by atoms with Gasteiger partial charge >= 0.3 is 5.97 Å². The summed E-state index contributed by atoms with van der Waals surface area (Å²) in [7, 11) is 1.65. The summed E-state index contributed by atoms with van der Waals surface area (Å²) in [5, 5.41) is 20.3. The molecule has 0 spiro atoms. The Kier molecular flexibility index (Phi) is 4.86. The number of ether oxygens (including phenoxy) is 1. The highest BCUT2D eigenvalue weighted by Crippen LogP contribution is 2.27. The summed E-state index contributed by atoms with van der Waals surface area (Å²) in [5.74, 6) is -0.767. The molecule has 106 valence electrons. The monoisotopic (exact) mass is 268 g/mol. The third-order valence-corrected chi connectivity index (χ3v) is 3.42. The van der Waals surface area contributed by atoms with Gasteiger partial charge < -0.3 is 15.2 Å². The molecule has 1 aromatic heterocycles. The first-order valence-corrected chi connectivity index (χ1v) is 6.60. The second-order valence-corrected chi connectivity index (χ2v) is 4.72. The van der Waals surface area contributed by atoms with Crippen LogP contribution < -0.4 is 5.32 Å². The molecule has 1 saturated heterocycles. The standard InChI is InChI=1S/C12H20N4O3/c1-19-8-2-7-16-11(9-3-5-13-6-4-9)10(12(17)18)14-15-16/h9,13H,2-8H2,1H3,(H,17,18). The highest BCUT2D eigenvalue weighted by Gasteiger charge is 2.27. The predicted molar refractivity (Wildman–Crippen MR) is 68.3 cm³/mol. The van der Waals surface area contributed by atoms with Gasteiger partial charge in [0.15, 0.2) is 5.69 Å². The molecule has 7 heteroatoms. The van der Waals surface area contributed by atoms with Gasteiger partial charge in [-0.3, -0.25) is 0 Å². The Morgan fingerprint density at radius 3 is 2.89 bits per heavy atom. The zero-order chi connectivity index (χ0) is 13.7. The molecule has 2 N–H and O–H groups in total. The number of carboxylic acid groups (broad SMARTS) is 1. The number of methoxy groups -OCH3 is 1. The number of aryl methyl sites for hydroxylation is 1. The minimum Gasteiger partial charge on any atom is -0.476 e. The molecule has 0 amide bonds. The Hall–Kier alpha value is -1.47. The number of carbonyl (C=O) groups is 1. The lowest BCUT2D eigenvalue weighted by Gasteiger charge is -2.23. The topological polar surface area (TPSA) is 89.3 Å². The minimum absolute atomic E-state index is 0.101. The Balaban J connectivity index is 2.19. The smallest absolute Gasteiger partial charge is 0.358 e. The molecule has 0 unspecified atom stereocenters. The van der Waals surface area contributed by atoms with Crippen LogP contribution in [0, 0.1) is 0 Å². The van der Waals surface area contributed by atoms with Crippen molar-refractivity contribution in [2.24, 2.45) is 0 Å². The van der Waals surface area contributed by atoms with E-state index in [2.05, 4.69) is 15.6 Å². The molecule has 0 saturated carbocycles. The molecule has 7 nitrogen and oxygen atoms in total. The molecule has 0 bridgehead atoms. The molecule has 2 rings (SSSR count). The van der Waals surface area contributed by atoms with Gasteiger partial charge in [0.25, 0.3) is 0 Å². The summed E-state index contributed by atoms with van der Waals surface area (Å²) in [5.41, 5.74) is 0.870. The van der Waals surface area contributed by atoms with Crippen molar-refractivity contribution in [3.8, 4) is 0 Å². The van der Waals surface area contributed by atoms with E-state index in [4.69, 9.17) is 4.74 Å². The first-order valence-electron chi connectivity index (χ1n) is 6.60. The van der Waals surface area contributed by atoms with Gasteiger partial charge in [0.2, 0.25) is 0 Å². The molecule has 1 aliphatic heterocycles. The molecule has 0 atom stereocenters. The lowest BCUT2D eigenvalue weighted by atomic mass is 9.93. The number of aromatic carboxylic acids is 1. The average molecular weight is 268 g/mol. The van der Waals surface area contributed by atoms with Gasteiger partial charge in [-0.1, -0.05) is 5.21 Å². The van der Waals surface area contributed by atoms with Crippen LogP contribution in [-0.2, 0) is 11.3 Å². The Labute approximate surface area is 111 Å². The summed E-state index contributed by atoms with van der Waals surface area (Å²) in [6.45, 7) is 3.10. The zero-order valence-electron chi connectivity index (χ0n) is 11.1. The van der Waals surface area contributed by atoms with Crippen molar-refractivity contribution in [3.05, 3.63) is 11.4 Å². The SMILES string of the molecule is COCCCn1nnc(C(=O)O)c1C1CCNCC1. The number of aromatic nitrogens is 3. The van der Waals surface area contributed by atoms with Gasteiger partial charge in [-0.05, 0) is 32.4 Å². The summed E-state index contributed by atoms with van der Waals surface area (Å²) < 4.78 is 6.75. The van der Waals surface area contributed by atoms with Gasteiger partial charge in [0, 0.05) is 26.2 Å². The van der Waals surface area contributed by atoms with Crippen molar-refractivity contribution in [3.63, 3.8) is 0 Å².